The van der Waals surface area contributed by atoms with Crippen LogP contribution < -0.4 is 5.32 Å². The van der Waals surface area contributed by atoms with Gasteiger partial charge in [-0.2, -0.15) is 5.26 Å². The van der Waals surface area contributed by atoms with Crippen molar-refractivity contribution in [1.29, 1.82) is 5.26 Å². The number of rotatable bonds is 1. The van der Waals surface area contributed by atoms with E-state index in [1.54, 1.807) is 6.19 Å². The van der Waals surface area contributed by atoms with Gasteiger partial charge in [-0.1, -0.05) is 13.8 Å². The summed E-state index contributed by atoms with van der Waals surface area (Å²) in [6.07, 6.45) is 2.98. The Morgan fingerprint density at radius 1 is 1.58 bits per heavy atom. The third-order valence-electron chi connectivity index (χ3n) is 0.933. The summed E-state index contributed by atoms with van der Waals surface area (Å²) in [4.78, 5) is 3.56. The number of nitrogens with zero attached hydrogens (tertiary/aromatic N) is 2. The van der Waals surface area contributed by atoms with Crippen molar-refractivity contribution in [3.8, 4) is 6.19 Å². The van der Waals surface area contributed by atoms with E-state index in [0.29, 0.717) is 0 Å². The molecule has 0 radical (unpaired) electrons. The normalized spacial score (nSPS) is 7.50. The van der Waals surface area contributed by atoms with Crippen LogP contribution >= 0.6 is 0 Å². The highest BCUT2D eigenvalue weighted by Gasteiger charge is 1.97. The summed E-state index contributed by atoms with van der Waals surface area (Å²) < 4.78 is 12.5. The molecule has 1 heterocycles. The summed E-state index contributed by atoms with van der Waals surface area (Å²) in [6, 6.07) is 2.69. The Morgan fingerprint density at radius 2 is 2.25 bits per heavy atom. The van der Waals surface area contributed by atoms with Crippen LogP contribution in [0.3, 0.4) is 0 Å². The van der Waals surface area contributed by atoms with Crippen molar-refractivity contribution in [2.24, 2.45) is 0 Å². The van der Waals surface area contributed by atoms with Crippen molar-refractivity contribution in [3.63, 3.8) is 0 Å². The minimum Gasteiger partial charge on any atom is -0.274 e. The molecule has 64 valence electrons. The Hall–Kier alpha value is -1.63. The first kappa shape index (κ1) is 10.4. The van der Waals surface area contributed by atoms with E-state index in [1.165, 1.54) is 18.3 Å². The fraction of sp³-hybridized carbons (Fsp3) is 0.250. The van der Waals surface area contributed by atoms with Crippen LogP contribution in [0.25, 0.3) is 0 Å². The van der Waals surface area contributed by atoms with Gasteiger partial charge in [0.1, 0.15) is 0 Å². The number of hydrogen-bond acceptors (Lipinski definition) is 3. The van der Waals surface area contributed by atoms with Gasteiger partial charge in [0.25, 0.3) is 0 Å². The van der Waals surface area contributed by atoms with Crippen LogP contribution in [0.1, 0.15) is 13.8 Å². The molecule has 0 unspecified atom stereocenters. The predicted octanol–water partition coefficient (Wildman–Crippen LogP) is 2.14. The van der Waals surface area contributed by atoms with Crippen molar-refractivity contribution in [3.05, 3.63) is 24.1 Å². The number of halogens is 1. The maximum absolute atomic E-state index is 12.5. The summed E-state index contributed by atoms with van der Waals surface area (Å²) >= 11 is 0. The van der Waals surface area contributed by atoms with E-state index in [0.717, 1.165) is 0 Å². The molecule has 0 bridgehead atoms. The molecule has 1 aromatic rings. The number of nitriles is 1. The summed E-state index contributed by atoms with van der Waals surface area (Å²) in [5.74, 6) is -0.561. The third kappa shape index (κ3) is 2.97. The maximum Gasteiger partial charge on any atom is 0.182 e. The third-order valence-corrected chi connectivity index (χ3v) is 0.933. The topological polar surface area (TPSA) is 48.7 Å². The molecule has 1 aromatic heterocycles. The second kappa shape index (κ2) is 6.10. The van der Waals surface area contributed by atoms with Crippen LogP contribution in [-0.4, -0.2) is 4.98 Å². The van der Waals surface area contributed by atoms with Gasteiger partial charge in [-0.05, 0) is 12.1 Å². The van der Waals surface area contributed by atoms with Gasteiger partial charge in [-0.3, -0.25) is 5.32 Å². The van der Waals surface area contributed by atoms with Gasteiger partial charge in [-0.25, -0.2) is 9.37 Å². The molecule has 0 atom stereocenters. The monoisotopic (exact) mass is 167 g/mol. The molecule has 4 heteroatoms. The van der Waals surface area contributed by atoms with Gasteiger partial charge in [0.05, 0.1) is 0 Å². The Balaban J connectivity index is 0.000000561. The SMILES string of the molecule is CC.N#CNc1ncccc1F. The van der Waals surface area contributed by atoms with Crippen LogP contribution in [-0.2, 0) is 0 Å². The Morgan fingerprint density at radius 3 is 2.75 bits per heavy atom. The summed E-state index contributed by atoms with van der Waals surface area (Å²) in [5.41, 5.74) is 0. The highest BCUT2D eigenvalue weighted by molar-refractivity contribution is 5.39. The number of nitrogens with one attached hydrogen (secondary N) is 1. The lowest BCUT2D eigenvalue weighted by atomic mass is 10.4. The molecule has 1 N–H and O–H groups in total. The summed E-state index contributed by atoms with van der Waals surface area (Å²) in [6.45, 7) is 4.00. The van der Waals surface area contributed by atoms with Crippen molar-refractivity contribution in [1.82, 2.24) is 4.98 Å². The Bertz CT molecular complexity index is 267. The van der Waals surface area contributed by atoms with Crippen LogP contribution in [0.15, 0.2) is 18.3 Å². The second-order valence-corrected chi connectivity index (χ2v) is 1.57. The summed E-state index contributed by atoms with van der Waals surface area (Å²) in [7, 11) is 0. The first-order valence-corrected chi connectivity index (χ1v) is 3.60. The quantitative estimate of drug-likeness (QED) is 0.515. The lowest BCUT2D eigenvalue weighted by Gasteiger charge is -1.94. The van der Waals surface area contributed by atoms with Crippen LogP contribution in [0, 0.1) is 17.3 Å². The molecule has 3 nitrogen and oxygen atoms in total. The number of hydrogen-bond donors (Lipinski definition) is 1. The van der Waals surface area contributed by atoms with Gasteiger partial charge < -0.3 is 0 Å². The molecule has 0 saturated carbocycles. The molecule has 1 rings (SSSR count). The zero-order valence-corrected chi connectivity index (χ0v) is 7.00. The van der Waals surface area contributed by atoms with E-state index >= 15 is 0 Å². The van der Waals surface area contributed by atoms with Crippen molar-refractivity contribution >= 4 is 5.82 Å². The molecule has 0 aliphatic rings. The maximum atomic E-state index is 12.5. The highest BCUT2D eigenvalue weighted by atomic mass is 19.1. The smallest absolute Gasteiger partial charge is 0.182 e. The fourth-order valence-corrected chi connectivity index (χ4v) is 0.531. The molecular weight excluding hydrogens is 157 g/mol. The van der Waals surface area contributed by atoms with Crippen molar-refractivity contribution in [2.45, 2.75) is 13.8 Å². The number of aromatic nitrogens is 1. The Labute approximate surface area is 70.9 Å². The molecular formula is C8H10FN3. The lowest BCUT2D eigenvalue weighted by Crippen LogP contribution is -1.93. The number of anilines is 1. The van der Waals surface area contributed by atoms with E-state index in [4.69, 9.17) is 5.26 Å². The van der Waals surface area contributed by atoms with E-state index in [-0.39, 0.29) is 5.82 Å². The Kier molecular flexibility index (Phi) is 5.28. The van der Waals surface area contributed by atoms with Gasteiger partial charge in [0.15, 0.2) is 17.8 Å². The largest absolute Gasteiger partial charge is 0.274 e. The van der Waals surface area contributed by atoms with Crippen LogP contribution in [0.2, 0.25) is 0 Å². The molecule has 0 aliphatic heterocycles. The molecule has 0 saturated heterocycles. The molecule has 0 fully saturated rings. The van der Waals surface area contributed by atoms with E-state index in [9.17, 15) is 4.39 Å². The van der Waals surface area contributed by atoms with E-state index < -0.39 is 5.82 Å². The second-order valence-electron chi connectivity index (χ2n) is 1.57. The first-order valence-electron chi connectivity index (χ1n) is 3.60. The predicted molar refractivity (Wildman–Crippen MR) is 44.8 cm³/mol. The molecule has 0 aliphatic carbocycles. The molecule has 0 amide bonds. The van der Waals surface area contributed by atoms with E-state index in [2.05, 4.69) is 10.3 Å². The van der Waals surface area contributed by atoms with Gasteiger partial charge in [0, 0.05) is 6.20 Å². The molecule has 0 aromatic carbocycles. The molecule has 0 spiro atoms. The van der Waals surface area contributed by atoms with E-state index in [1.807, 2.05) is 13.8 Å². The average Bonchev–Trinajstić information content (AvgIpc) is 2.13. The summed E-state index contributed by atoms with van der Waals surface area (Å²) in [5, 5.41) is 10.2. The lowest BCUT2D eigenvalue weighted by molar-refractivity contribution is 0.626. The van der Waals surface area contributed by atoms with Crippen molar-refractivity contribution in [2.75, 3.05) is 5.32 Å². The van der Waals surface area contributed by atoms with Gasteiger partial charge in [-0.15, -0.1) is 0 Å². The minimum atomic E-state index is -0.524. The molecule has 12 heavy (non-hydrogen) atoms. The fourth-order valence-electron chi connectivity index (χ4n) is 0.531. The highest BCUT2D eigenvalue weighted by Crippen LogP contribution is 2.06. The zero-order valence-electron chi connectivity index (χ0n) is 7.00. The van der Waals surface area contributed by atoms with Crippen LogP contribution in [0.5, 0.6) is 0 Å². The zero-order chi connectivity index (χ0) is 9.40. The standard InChI is InChI=1S/C6H4FN3.C2H6/c7-5-2-1-3-9-6(5)10-4-8;1-2/h1-3H,(H,9,10);1-2H3. The average molecular weight is 167 g/mol. The van der Waals surface area contributed by atoms with Crippen molar-refractivity contribution < 1.29 is 4.39 Å². The van der Waals surface area contributed by atoms with Crippen LogP contribution in [0.4, 0.5) is 10.2 Å². The van der Waals surface area contributed by atoms with Gasteiger partial charge >= 0.3 is 0 Å². The minimum absolute atomic E-state index is 0.0370. The number of pyridine rings is 1. The first-order chi connectivity index (χ1) is 5.84. The van der Waals surface area contributed by atoms with Gasteiger partial charge in [0.2, 0.25) is 0 Å².